The standard InChI is InChI=1S/C21H19N3O2/c1-13(2)14-7-9-15(10-8-14)20-17(11-22)21(23-12-19(25)26)16-5-3-4-6-18(16)24-20/h3-10,13H,12H2,1-2H3,(H,23,24)(H,25,26). The van der Waals surface area contributed by atoms with Crippen LogP contribution in [0.3, 0.4) is 0 Å². The van der Waals surface area contributed by atoms with Gasteiger partial charge in [0.2, 0.25) is 0 Å². The molecule has 0 fully saturated rings. The first-order chi connectivity index (χ1) is 12.5. The number of hydrogen-bond acceptors (Lipinski definition) is 4. The lowest BCUT2D eigenvalue weighted by molar-refractivity contribution is -0.134. The van der Waals surface area contributed by atoms with Crippen molar-refractivity contribution in [1.29, 1.82) is 5.26 Å². The van der Waals surface area contributed by atoms with E-state index in [0.717, 1.165) is 10.9 Å². The van der Waals surface area contributed by atoms with E-state index in [9.17, 15) is 10.1 Å². The first kappa shape index (κ1) is 17.4. The molecule has 0 aliphatic carbocycles. The SMILES string of the molecule is CC(C)c1ccc(-c2nc3ccccc3c(NCC(=O)O)c2C#N)cc1. The van der Waals surface area contributed by atoms with Gasteiger partial charge in [0.1, 0.15) is 18.2 Å². The highest BCUT2D eigenvalue weighted by Crippen LogP contribution is 2.33. The first-order valence-corrected chi connectivity index (χ1v) is 8.40. The number of nitrogens with zero attached hydrogens (tertiary/aromatic N) is 2. The predicted molar refractivity (Wildman–Crippen MR) is 102 cm³/mol. The molecular formula is C21H19N3O2. The van der Waals surface area contributed by atoms with Crippen LogP contribution in [0, 0.1) is 11.3 Å². The Balaban J connectivity index is 2.21. The van der Waals surface area contributed by atoms with Gasteiger partial charge in [-0.05, 0) is 17.5 Å². The maximum Gasteiger partial charge on any atom is 0.322 e. The average Bonchev–Trinajstić information content (AvgIpc) is 2.65. The summed E-state index contributed by atoms with van der Waals surface area (Å²) in [5.41, 5.74) is 4.15. The molecule has 0 saturated carbocycles. The molecule has 0 spiro atoms. The van der Waals surface area contributed by atoms with Crippen molar-refractivity contribution in [1.82, 2.24) is 4.98 Å². The lowest BCUT2D eigenvalue weighted by Gasteiger charge is -2.14. The number of anilines is 1. The van der Waals surface area contributed by atoms with Gasteiger partial charge in [0.15, 0.2) is 0 Å². The fourth-order valence-corrected chi connectivity index (χ4v) is 2.90. The number of aromatic nitrogens is 1. The summed E-state index contributed by atoms with van der Waals surface area (Å²) in [5, 5.41) is 22.4. The van der Waals surface area contributed by atoms with Gasteiger partial charge in [0, 0.05) is 10.9 Å². The van der Waals surface area contributed by atoms with Gasteiger partial charge in [0.25, 0.3) is 0 Å². The van der Waals surface area contributed by atoms with Crippen LogP contribution in [0.5, 0.6) is 0 Å². The molecule has 0 aliphatic heterocycles. The summed E-state index contributed by atoms with van der Waals surface area (Å²) in [6, 6.07) is 17.6. The highest BCUT2D eigenvalue weighted by Gasteiger charge is 2.17. The predicted octanol–water partition coefficient (Wildman–Crippen LogP) is 4.39. The normalized spacial score (nSPS) is 10.7. The summed E-state index contributed by atoms with van der Waals surface area (Å²) in [4.78, 5) is 15.7. The monoisotopic (exact) mass is 345 g/mol. The summed E-state index contributed by atoms with van der Waals surface area (Å²) in [6.07, 6.45) is 0. The molecule has 5 heteroatoms. The van der Waals surface area contributed by atoms with E-state index in [0.29, 0.717) is 28.4 Å². The van der Waals surface area contributed by atoms with Crippen molar-refractivity contribution in [2.24, 2.45) is 0 Å². The molecule has 1 aromatic heterocycles. The minimum Gasteiger partial charge on any atom is -0.480 e. The molecular weight excluding hydrogens is 326 g/mol. The summed E-state index contributed by atoms with van der Waals surface area (Å²) in [5.74, 6) is -0.575. The minimum atomic E-state index is -0.988. The van der Waals surface area contributed by atoms with Gasteiger partial charge in [-0.15, -0.1) is 0 Å². The highest BCUT2D eigenvalue weighted by molar-refractivity contribution is 5.98. The van der Waals surface area contributed by atoms with Crippen molar-refractivity contribution in [2.75, 3.05) is 11.9 Å². The van der Waals surface area contributed by atoms with Crippen LogP contribution in [-0.4, -0.2) is 22.6 Å². The smallest absolute Gasteiger partial charge is 0.322 e. The zero-order valence-corrected chi connectivity index (χ0v) is 14.7. The van der Waals surface area contributed by atoms with Crippen molar-refractivity contribution >= 4 is 22.6 Å². The Kier molecular flexibility index (Phi) is 4.85. The zero-order valence-electron chi connectivity index (χ0n) is 14.7. The van der Waals surface area contributed by atoms with Crippen molar-refractivity contribution in [3.8, 4) is 17.3 Å². The minimum absolute atomic E-state index is 0.269. The van der Waals surface area contributed by atoms with Crippen LogP contribution in [0.4, 0.5) is 5.69 Å². The maximum atomic E-state index is 11.0. The molecule has 0 radical (unpaired) electrons. The Morgan fingerprint density at radius 1 is 1.19 bits per heavy atom. The third-order valence-corrected chi connectivity index (χ3v) is 4.27. The van der Waals surface area contributed by atoms with Crippen LogP contribution in [0.15, 0.2) is 48.5 Å². The topological polar surface area (TPSA) is 86.0 Å². The van der Waals surface area contributed by atoms with Gasteiger partial charge < -0.3 is 10.4 Å². The van der Waals surface area contributed by atoms with Crippen LogP contribution in [0.2, 0.25) is 0 Å². The average molecular weight is 345 g/mol. The molecule has 0 bridgehead atoms. The number of fused-ring (bicyclic) bond motifs is 1. The number of para-hydroxylation sites is 1. The second kappa shape index (κ2) is 7.24. The van der Waals surface area contributed by atoms with Gasteiger partial charge in [-0.2, -0.15) is 5.26 Å². The largest absolute Gasteiger partial charge is 0.480 e. The van der Waals surface area contributed by atoms with Crippen molar-refractivity contribution in [2.45, 2.75) is 19.8 Å². The van der Waals surface area contributed by atoms with E-state index in [1.54, 1.807) is 0 Å². The van der Waals surface area contributed by atoms with Crippen molar-refractivity contribution < 1.29 is 9.90 Å². The van der Waals surface area contributed by atoms with Crippen molar-refractivity contribution in [3.05, 3.63) is 59.7 Å². The number of nitriles is 1. The van der Waals surface area contributed by atoms with E-state index in [-0.39, 0.29) is 6.54 Å². The number of aliphatic carboxylic acids is 1. The molecule has 0 saturated heterocycles. The summed E-state index contributed by atoms with van der Waals surface area (Å²) in [6.45, 7) is 3.98. The Bertz CT molecular complexity index is 1000. The maximum absolute atomic E-state index is 11.0. The van der Waals surface area contributed by atoms with E-state index < -0.39 is 5.97 Å². The van der Waals surface area contributed by atoms with E-state index in [4.69, 9.17) is 5.11 Å². The van der Waals surface area contributed by atoms with E-state index >= 15 is 0 Å². The zero-order chi connectivity index (χ0) is 18.7. The van der Waals surface area contributed by atoms with Crippen LogP contribution >= 0.6 is 0 Å². The number of carbonyl (C=O) groups is 1. The summed E-state index contributed by atoms with van der Waals surface area (Å²) >= 11 is 0. The molecule has 3 aromatic rings. The Morgan fingerprint density at radius 2 is 1.88 bits per heavy atom. The summed E-state index contributed by atoms with van der Waals surface area (Å²) < 4.78 is 0. The fourth-order valence-electron chi connectivity index (χ4n) is 2.90. The number of carboxylic acid groups (broad SMARTS) is 1. The van der Waals surface area contributed by atoms with Crippen LogP contribution < -0.4 is 5.32 Å². The van der Waals surface area contributed by atoms with Gasteiger partial charge in [-0.1, -0.05) is 56.3 Å². The number of nitrogens with one attached hydrogen (secondary N) is 1. The summed E-state index contributed by atoms with van der Waals surface area (Å²) in [7, 11) is 0. The third kappa shape index (κ3) is 3.35. The molecule has 2 N–H and O–H groups in total. The molecule has 5 nitrogen and oxygen atoms in total. The molecule has 2 aromatic carbocycles. The van der Waals surface area contributed by atoms with E-state index in [1.807, 2.05) is 48.5 Å². The van der Waals surface area contributed by atoms with Crippen LogP contribution in [0.1, 0.15) is 30.9 Å². The molecule has 26 heavy (non-hydrogen) atoms. The van der Waals surface area contributed by atoms with E-state index in [1.165, 1.54) is 5.56 Å². The van der Waals surface area contributed by atoms with Gasteiger partial charge >= 0.3 is 5.97 Å². The molecule has 130 valence electrons. The molecule has 0 atom stereocenters. The molecule has 3 rings (SSSR count). The number of carboxylic acids is 1. The van der Waals surface area contributed by atoms with Crippen LogP contribution in [-0.2, 0) is 4.79 Å². The molecule has 1 heterocycles. The Morgan fingerprint density at radius 3 is 2.50 bits per heavy atom. The lowest BCUT2D eigenvalue weighted by Crippen LogP contribution is -2.14. The third-order valence-electron chi connectivity index (χ3n) is 4.27. The first-order valence-electron chi connectivity index (χ1n) is 8.40. The molecule has 0 amide bonds. The molecule has 0 aliphatic rings. The fraction of sp³-hybridized carbons (Fsp3) is 0.190. The number of benzene rings is 2. The van der Waals surface area contributed by atoms with Gasteiger partial charge in [-0.25, -0.2) is 4.98 Å². The van der Waals surface area contributed by atoms with E-state index in [2.05, 4.69) is 30.2 Å². The van der Waals surface area contributed by atoms with Gasteiger partial charge in [0.05, 0.1) is 16.9 Å². The van der Waals surface area contributed by atoms with Crippen LogP contribution in [0.25, 0.3) is 22.2 Å². The molecule has 0 unspecified atom stereocenters. The Labute approximate surface area is 151 Å². The number of pyridine rings is 1. The number of rotatable bonds is 5. The second-order valence-corrected chi connectivity index (χ2v) is 6.36. The quantitative estimate of drug-likeness (QED) is 0.716. The lowest BCUT2D eigenvalue weighted by atomic mass is 9.97. The van der Waals surface area contributed by atoms with Gasteiger partial charge in [-0.3, -0.25) is 4.79 Å². The second-order valence-electron chi connectivity index (χ2n) is 6.36. The number of hydrogen-bond donors (Lipinski definition) is 2. The highest BCUT2D eigenvalue weighted by atomic mass is 16.4. The van der Waals surface area contributed by atoms with Crippen molar-refractivity contribution in [3.63, 3.8) is 0 Å². The Hall–Kier alpha value is -3.39.